The number of carboxylic acid groups (broad SMARTS) is 4. The smallest absolute Gasteiger partial charge is 0.303 e. The van der Waals surface area contributed by atoms with Crippen LogP contribution in [0.15, 0.2) is 0 Å². The van der Waals surface area contributed by atoms with Gasteiger partial charge < -0.3 is 30.2 Å². The average Bonchev–Trinajstić information content (AvgIpc) is 3.37. The van der Waals surface area contributed by atoms with Crippen LogP contribution in [-0.2, 0) is 19.2 Å². The second kappa shape index (κ2) is 27.4. The first-order chi connectivity index (χ1) is 18.4. The van der Waals surface area contributed by atoms with E-state index in [1.54, 1.807) is 0 Å². The average molecular weight is 561 g/mol. The highest BCUT2D eigenvalue weighted by Gasteiger charge is 2.13. The number of carboxylic acids is 4. The summed E-state index contributed by atoms with van der Waals surface area (Å²) in [6.45, 7) is 3.75. The first kappa shape index (κ1) is 38.9. The molecule has 1 aliphatic carbocycles. The third-order valence-corrected chi connectivity index (χ3v) is 6.63. The standard InChI is InChI=1S/C21H44N2.2C4H6O4/c1-22(2)18-14-20-23(3)19-13-9-7-5-4-6-8-10-15-21-16-11-12-17-21;2*5-3(6)1-2-4(7)8/h21H,4-20H2,1-3H3;2*1-2H2,(H,5,6)(H,7,8). The lowest BCUT2D eigenvalue weighted by Gasteiger charge is -2.17. The number of unbranched alkanes of at least 4 members (excludes halogenated alkanes) is 7. The fourth-order valence-corrected chi connectivity index (χ4v) is 4.37. The molecule has 0 bridgehead atoms. The monoisotopic (exact) mass is 560 g/mol. The maximum Gasteiger partial charge on any atom is 0.303 e. The minimum Gasteiger partial charge on any atom is -0.481 e. The van der Waals surface area contributed by atoms with Gasteiger partial charge in [-0.3, -0.25) is 19.2 Å². The van der Waals surface area contributed by atoms with E-state index in [0.717, 1.165) is 5.92 Å². The zero-order valence-corrected chi connectivity index (χ0v) is 24.7. The van der Waals surface area contributed by atoms with Crippen molar-refractivity contribution in [3.63, 3.8) is 0 Å². The van der Waals surface area contributed by atoms with Crippen LogP contribution in [0, 0.1) is 5.92 Å². The van der Waals surface area contributed by atoms with E-state index in [1.807, 2.05) is 0 Å². The Morgan fingerprint density at radius 3 is 1.28 bits per heavy atom. The van der Waals surface area contributed by atoms with Crippen LogP contribution in [0.3, 0.4) is 0 Å². The number of nitrogens with zero attached hydrogens (tertiary/aromatic N) is 2. The van der Waals surface area contributed by atoms with Gasteiger partial charge in [0, 0.05) is 0 Å². The van der Waals surface area contributed by atoms with Crippen molar-refractivity contribution in [1.82, 2.24) is 9.80 Å². The molecule has 0 spiro atoms. The minimum atomic E-state index is -1.08. The van der Waals surface area contributed by atoms with Gasteiger partial charge in [-0.15, -0.1) is 0 Å². The Morgan fingerprint density at radius 2 is 0.897 bits per heavy atom. The SMILES string of the molecule is CN(C)CCCN(C)CCCCCCCCCCC1CCCC1.O=C(O)CCC(=O)O.O=C(O)CCC(=O)O. The molecule has 0 aliphatic heterocycles. The van der Waals surface area contributed by atoms with Gasteiger partial charge in [-0.25, -0.2) is 0 Å². The third kappa shape index (κ3) is 35.8. The molecule has 0 aromatic carbocycles. The van der Waals surface area contributed by atoms with Gasteiger partial charge in [0.25, 0.3) is 0 Å². The maximum atomic E-state index is 9.64. The van der Waals surface area contributed by atoms with Crippen molar-refractivity contribution >= 4 is 23.9 Å². The van der Waals surface area contributed by atoms with Crippen molar-refractivity contribution in [3.05, 3.63) is 0 Å². The summed E-state index contributed by atoms with van der Waals surface area (Å²) in [5, 5.41) is 31.6. The van der Waals surface area contributed by atoms with Gasteiger partial charge in [0.1, 0.15) is 0 Å². The predicted molar refractivity (Wildman–Crippen MR) is 153 cm³/mol. The number of hydrogen-bond donors (Lipinski definition) is 4. The lowest BCUT2D eigenvalue weighted by atomic mass is 9.99. The molecule has 0 aromatic rings. The molecule has 0 amide bonds. The highest BCUT2D eigenvalue weighted by Crippen LogP contribution is 2.29. The van der Waals surface area contributed by atoms with E-state index >= 15 is 0 Å². The molecule has 1 saturated carbocycles. The molecule has 0 atom stereocenters. The molecule has 1 fully saturated rings. The van der Waals surface area contributed by atoms with E-state index < -0.39 is 23.9 Å². The summed E-state index contributed by atoms with van der Waals surface area (Å²) in [6.07, 6.45) is 19.4. The Morgan fingerprint density at radius 1 is 0.538 bits per heavy atom. The molecule has 4 N–H and O–H groups in total. The van der Waals surface area contributed by atoms with Crippen LogP contribution in [0.1, 0.15) is 116 Å². The highest BCUT2D eigenvalue weighted by atomic mass is 16.4. The van der Waals surface area contributed by atoms with Crippen LogP contribution in [0.5, 0.6) is 0 Å². The van der Waals surface area contributed by atoms with Crippen molar-refractivity contribution in [2.45, 2.75) is 116 Å². The summed E-state index contributed by atoms with van der Waals surface area (Å²) in [5.41, 5.74) is 0. The summed E-state index contributed by atoms with van der Waals surface area (Å²) in [6, 6.07) is 0. The van der Waals surface area contributed by atoms with Crippen LogP contribution in [-0.4, -0.2) is 94.9 Å². The van der Waals surface area contributed by atoms with Crippen molar-refractivity contribution in [1.29, 1.82) is 0 Å². The fraction of sp³-hybridized carbons (Fsp3) is 0.862. The summed E-state index contributed by atoms with van der Waals surface area (Å²) < 4.78 is 0. The molecule has 10 heteroatoms. The highest BCUT2D eigenvalue weighted by molar-refractivity contribution is 5.75. The van der Waals surface area contributed by atoms with E-state index in [0.29, 0.717) is 0 Å². The lowest BCUT2D eigenvalue weighted by molar-refractivity contribution is -0.143. The maximum absolute atomic E-state index is 9.64. The molecule has 0 heterocycles. The lowest BCUT2D eigenvalue weighted by Crippen LogP contribution is -2.24. The van der Waals surface area contributed by atoms with Crippen LogP contribution in [0.25, 0.3) is 0 Å². The van der Waals surface area contributed by atoms with Crippen LogP contribution in [0.4, 0.5) is 0 Å². The Hall–Kier alpha value is -2.20. The quantitative estimate of drug-likeness (QED) is 0.133. The zero-order chi connectivity index (χ0) is 29.9. The number of hydrogen-bond acceptors (Lipinski definition) is 6. The minimum absolute atomic E-state index is 0.296. The molecule has 10 nitrogen and oxygen atoms in total. The Balaban J connectivity index is 0. The van der Waals surface area contributed by atoms with Crippen molar-refractivity contribution in [2.24, 2.45) is 5.92 Å². The van der Waals surface area contributed by atoms with Crippen molar-refractivity contribution < 1.29 is 39.6 Å². The molecule has 0 unspecified atom stereocenters. The van der Waals surface area contributed by atoms with E-state index in [9.17, 15) is 19.2 Å². The second-order valence-electron chi connectivity index (χ2n) is 10.8. The number of carbonyl (C=O) groups is 4. The zero-order valence-electron chi connectivity index (χ0n) is 24.7. The Labute approximate surface area is 235 Å². The third-order valence-electron chi connectivity index (χ3n) is 6.63. The normalized spacial score (nSPS) is 12.9. The summed E-state index contributed by atoms with van der Waals surface area (Å²) in [4.78, 5) is 43.3. The van der Waals surface area contributed by atoms with E-state index in [-0.39, 0.29) is 25.7 Å². The van der Waals surface area contributed by atoms with Gasteiger partial charge in [0.05, 0.1) is 25.7 Å². The van der Waals surface area contributed by atoms with E-state index in [2.05, 4.69) is 30.9 Å². The van der Waals surface area contributed by atoms with Gasteiger partial charge in [0.2, 0.25) is 0 Å². The van der Waals surface area contributed by atoms with Crippen LogP contribution in [0.2, 0.25) is 0 Å². The molecule has 0 aromatic heterocycles. The van der Waals surface area contributed by atoms with E-state index in [1.165, 1.54) is 110 Å². The molecular formula is C29H56N2O8. The Bertz CT molecular complexity index is 581. The topological polar surface area (TPSA) is 156 Å². The van der Waals surface area contributed by atoms with Gasteiger partial charge in [-0.1, -0.05) is 77.0 Å². The van der Waals surface area contributed by atoms with Crippen molar-refractivity contribution in [2.75, 3.05) is 40.8 Å². The molecule has 230 valence electrons. The van der Waals surface area contributed by atoms with Gasteiger partial charge in [-0.05, 0) is 59.5 Å². The second-order valence-corrected chi connectivity index (χ2v) is 10.8. The Kier molecular flexibility index (Phi) is 27.3. The molecule has 1 rings (SSSR count). The predicted octanol–water partition coefficient (Wildman–Crippen LogP) is 5.44. The first-order valence-electron chi connectivity index (χ1n) is 14.6. The van der Waals surface area contributed by atoms with Gasteiger partial charge >= 0.3 is 23.9 Å². The summed E-state index contributed by atoms with van der Waals surface area (Å²) >= 11 is 0. The van der Waals surface area contributed by atoms with Crippen LogP contribution < -0.4 is 0 Å². The van der Waals surface area contributed by atoms with Crippen LogP contribution >= 0.6 is 0 Å². The van der Waals surface area contributed by atoms with E-state index in [4.69, 9.17) is 20.4 Å². The number of aliphatic carboxylic acids is 4. The first-order valence-corrected chi connectivity index (χ1v) is 14.6. The summed E-state index contributed by atoms with van der Waals surface area (Å²) in [5.74, 6) is -3.20. The molecule has 1 aliphatic rings. The van der Waals surface area contributed by atoms with Gasteiger partial charge in [0.15, 0.2) is 0 Å². The molecule has 0 radical (unpaired) electrons. The summed E-state index contributed by atoms with van der Waals surface area (Å²) in [7, 11) is 6.60. The molecule has 39 heavy (non-hydrogen) atoms. The largest absolute Gasteiger partial charge is 0.481 e. The fourth-order valence-electron chi connectivity index (χ4n) is 4.37. The van der Waals surface area contributed by atoms with Gasteiger partial charge in [-0.2, -0.15) is 0 Å². The molecule has 0 saturated heterocycles. The number of rotatable bonds is 21. The molecular weight excluding hydrogens is 504 g/mol. The van der Waals surface area contributed by atoms with Crippen molar-refractivity contribution in [3.8, 4) is 0 Å².